The van der Waals surface area contributed by atoms with Gasteiger partial charge in [-0.25, -0.2) is 8.42 Å². The van der Waals surface area contributed by atoms with Gasteiger partial charge in [0.25, 0.3) is 21.6 Å². The van der Waals surface area contributed by atoms with E-state index < -0.39 is 20.9 Å². The highest BCUT2D eigenvalue weighted by molar-refractivity contribution is 9.10. The van der Waals surface area contributed by atoms with Gasteiger partial charge in [0.2, 0.25) is 0 Å². The second-order valence-electron chi connectivity index (χ2n) is 5.90. The Morgan fingerprint density at radius 2 is 1.62 bits per heavy atom. The van der Waals surface area contributed by atoms with Crippen LogP contribution in [0.4, 0.5) is 17.1 Å². The number of carbonyl (C=O) groups excluding carboxylic acids is 1. The Morgan fingerprint density at radius 3 is 2.31 bits per heavy atom. The number of carbonyl (C=O) groups is 1. The molecule has 0 aromatic heterocycles. The molecule has 0 spiro atoms. The number of halogens is 1. The number of nitrogens with one attached hydrogen (secondary N) is 2. The molecule has 3 rings (SSSR count). The molecule has 29 heavy (non-hydrogen) atoms. The summed E-state index contributed by atoms with van der Waals surface area (Å²) in [6.45, 7) is 0. The van der Waals surface area contributed by atoms with Crippen LogP contribution in [-0.2, 0) is 10.0 Å². The lowest BCUT2D eigenvalue weighted by Crippen LogP contribution is -2.16. The number of anilines is 2. The van der Waals surface area contributed by atoms with E-state index in [9.17, 15) is 23.3 Å². The molecule has 0 saturated carbocycles. The van der Waals surface area contributed by atoms with E-state index in [0.29, 0.717) is 5.69 Å². The highest BCUT2D eigenvalue weighted by Crippen LogP contribution is 2.21. The number of nitrogens with zero attached hydrogens (tertiary/aromatic N) is 1. The van der Waals surface area contributed by atoms with Crippen LogP contribution in [0.2, 0.25) is 0 Å². The monoisotopic (exact) mass is 475 g/mol. The summed E-state index contributed by atoms with van der Waals surface area (Å²) in [5.74, 6) is -0.591. The minimum absolute atomic E-state index is 0.0906. The van der Waals surface area contributed by atoms with Crippen LogP contribution < -0.4 is 10.0 Å². The van der Waals surface area contributed by atoms with Gasteiger partial charge >= 0.3 is 0 Å². The second-order valence-corrected chi connectivity index (χ2v) is 8.50. The average molecular weight is 476 g/mol. The highest BCUT2D eigenvalue weighted by Gasteiger charge is 2.17. The van der Waals surface area contributed by atoms with E-state index in [1.807, 2.05) is 0 Å². The van der Waals surface area contributed by atoms with Crippen LogP contribution in [0.5, 0.6) is 0 Å². The van der Waals surface area contributed by atoms with Gasteiger partial charge in [-0.05, 0) is 48.5 Å². The molecule has 0 heterocycles. The molecule has 0 fully saturated rings. The molecule has 8 nitrogen and oxygen atoms in total. The third-order valence-electron chi connectivity index (χ3n) is 3.82. The smallest absolute Gasteiger partial charge is 0.271 e. The summed E-state index contributed by atoms with van der Waals surface area (Å²) < 4.78 is 28.5. The molecule has 0 aliphatic heterocycles. The Bertz CT molecular complexity index is 1180. The number of nitro benzene ring substituents is 1. The van der Waals surface area contributed by atoms with Crippen molar-refractivity contribution in [3.63, 3.8) is 0 Å². The van der Waals surface area contributed by atoms with Gasteiger partial charge in [0.1, 0.15) is 0 Å². The zero-order chi connectivity index (χ0) is 21.0. The topological polar surface area (TPSA) is 118 Å². The van der Waals surface area contributed by atoms with Crippen LogP contribution in [0, 0.1) is 10.1 Å². The van der Waals surface area contributed by atoms with E-state index in [0.717, 1.165) is 4.47 Å². The molecule has 148 valence electrons. The van der Waals surface area contributed by atoms with Crippen molar-refractivity contribution in [2.45, 2.75) is 4.90 Å². The van der Waals surface area contributed by atoms with Crippen molar-refractivity contribution in [2.75, 3.05) is 10.0 Å². The fraction of sp³-hybridized carbons (Fsp3) is 0. The molecule has 0 unspecified atom stereocenters. The zero-order valence-corrected chi connectivity index (χ0v) is 17.1. The van der Waals surface area contributed by atoms with Crippen molar-refractivity contribution in [2.24, 2.45) is 0 Å². The van der Waals surface area contributed by atoms with Gasteiger partial charge in [0.05, 0.1) is 9.82 Å². The Morgan fingerprint density at radius 1 is 0.931 bits per heavy atom. The van der Waals surface area contributed by atoms with Crippen molar-refractivity contribution < 1.29 is 18.1 Å². The van der Waals surface area contributed by atoms with Gasteiger partial charge in [0, 0.05) is 33.5 Å². The molecule has 0 aliphatic rings. The van der Waals surface area contributed by atoms with E-state index in [-0.39, 0.29) is 21.8 Å². The quantitative estimate of drug-likeness (QED) is 0.404. The summed E-state index contributed by atoms with van der Waals surface area (Å²) >= 11 is 3.28. The molecule has 0 atom stereocenters. The van der Waals surface area contributed by atoms with Crippen molar-refractivity contribution in [1.82, 2.24) is 0 Å². The first-order valence-electron chi connectivity index (χ1n) is 8.19. The normalized spacial score (nSPS) is 10.9. The summed E-state index contributed by atoms with van der Waals surface area (Å²) in [6.07, 6.45) is 0. The van der Waals surface area contributed by atoms with E-state index in [2.05, 4.69) is 26.0 Å². The lowest BCUT2D eigenvalue weighted by molar-refractivity contribution is -0.384. The van der Waals surface area contributed by atoms with Crippen molar-refractivity contribution in [3.8, 4) is 0 Å². The fourth-order valence-electron chi connectivity index (χ4n) is 2.44. The number of hydrogen-bond donors (Lipinski definition) is 2. The molecular weight excluding hydrogens is 462 g/mol. The average Bonchev–Trinajstić information content (AvgIpc) is 2.70. The summed E-state index contributed by atoms with van der Waals surface area (Å²) in [5, 5.41) is 13.4. The Balaban J connectivity index is 1.81. The Labute approximate surface area is 174 Å². The van der Waals surface area contributed by atoms with E-state index in [1.54, 1.807) is 24.3 Å². The first-order chi connectivity index (χ1) is 13.7. The van der Waals surface area contributed by atoms with Crippen LogP contribution in [0.3, 0.4) is 0 Å². The van der Waals surface area contributed by atoms with Gasteiger partial charge in [-0.2, -0.15) is 0 Å². The van der Waals surface area contributed by atoms with Crippen LogP contribution >= 0.6 is 15.9 Å². The first kappa shape index (κ1) is 20.5. The standard InChI is InChI=1S/C19H14BrN3O5S/c20-14-7-9-15(10-8-14)22-29(27,28)18-6-1-3-13(11-18)19(24)21-16-4-2-5-17(12-16)23(25)26/h1-12,22H,(H,21,24). The van der Waals surface area contributed by atoms with Crippen LogP contribution in [0.25, 0.3) is 0 Å². The predicted molar refractivity (Wildman–Crippen MR) is 112 cm³/mol. The number of amides is 1. The number of hydrogen-bond acceptors (Lipinski definition) is 5. The minimum Gasteiger partial charge on any atom is -0.322 e. The Kier molecular flexibility index (Phi) is 5.95. The van der Waals surface area contributed by atoms with Crippen LogP contribution in [-0.4, -0.2) is 19.2 Å². The van der Waals surface area contributed by atoms with Gasteiger partial charge < -0.3 is 5.32 Å². The molecule has 3 aromatic rings. The Hall–Kier alpha value is -3.24. The first-order valence-corrected chi connectivity index (χ1v) is 10.5. The summed E-state index contributed by atoms with van der Waals surface area (Å²) in [7, 11) is -3.91. The number of non-ortho nitro benzene ring substituents is 1. The molecule has 0 radical (unpaired) electrons. The molecule has 2 N–H and O–H groups in total. The summed E-state index contributed by atoms with van der Waals surface area (Å²) in [4.78, 5) is 22.7. The molecule has 1 amide bonds. The molecule has 0 aliphatic carbocycles. The van der Waals surface area contributed by atoms with Crippen molar-refractivity contribution in [1.29, 1.82) is 0 Å². The third kappa shape index (κ3) is 5.18. The maximum Gasteiger partial charge on any atom is 0.271 e. The number of rotatable bonds is 6. The molecule has 0 saturated heterocycles. The van der Waals surface area contributed by atoms with Gasteiger partial charge in [-0.3, -0.25) is 19.6 Å². The maximum absolute atomic E-state index is 12.6. The van der Waals surface area contributed by atoms with Gasteiger partial charge in [-0.1, -0.05) is 28.1 Å². The molecule has 10 heteroatoms. The number of nitro groups is 1. The summed E-state index contributed by atoms with van der Waals surface area (Å²) in [6, 6.07) is 17.5. The lowest BCUT2D eigenvalue weighted by Gasteiger charge is -2.10. The number of sulfonamides is 1. The van der Waals surface area contributed by atoms with E-state index in [4.69, 9.17) is 0 Å². The largest absolute Gasteiger partial charge is 0.322 e. The van der Waals surface area contributed by atoms with Gasteiger partial charge in [0.15, 0.2) is 0 Å². The molecular formula is C19H14BrN3O5S. The minimum atomic E-state index is -3.91. The summed E-state index contributed by atoms with van der Waals surface area (Å²) in [5.41, 5.74) is 0.526. The highest BCUT2D eigenvalue weighted by atomic mass is 79.9. The molecule has 0 bridgehead atoms. The maximum atomic E-state index is 12.6. The van der Waals surface area contributed by atoms with E-state index in [1.165, 1.54) is 48.5 Å². The zero-order valence-electron chi connectivity index (χ0n) is 14.7. The SMILES string of the molecule is O=C(Nc1cccc([N+](=O)[O-])c1)c1cccc(S(=O)(=O)Nc2ccc(Br)cc2)c1. The van der Waals surface area contributed by atoms with Crippen LogP contribution in [0.1, 0.15) is 10.4 Å². The second kappa shape index (κ2) is 8.41. The van der Waals surface area contributed by atoms with Gasteiger partial charge in [-0.15, -0.1) is 0 Å². The molecule has 3 aromatic carbocycles. The van der Waals surface area contributed by atoms with Crippen molar-refractivity contribution >= 4 is 48.9 Å². The fourth-order valence-corrected chi connectivity index (χ4v) is 3.81. The number of benzene rings is 3. The van der Waals surface area contributed by atoms with Crippen LogP contribution in [0.15, 0.2) is 82.2 Å². The van der Waals surface area contributed by atoms with Crippen molar-refractivity contribution in [3.05, 3.63) is 92.9 Å². The third-order valence-corrected chi connectivity index (χ3v) is 5.73. The lowest BCUT2D eigenvalue weighted by atomic mass is 10.2. The predicted octanol–water partition coefficient (Wildman–Crippen LogP) is 4.41. The van der Waals surface area contributed by atoms with E-state index >= 15 is 0 Å².